The van der Waals surface area contributed by atoms with Gasteiger partial charge in [0.25, 0.3) is 0 Å². The number of hydrogen-bond donors (Lipinski definition) is 2. The SMILES string of the molecule is CCCN1CCC(NC(=O)C(C)C(C)C(=O)O)CC1. The van der Waals surface area contributed by atoms with Crippen molar-refractivity contribution in [2.24, 2.45) is 11.8 Å². The molecule has 0 spiro atoms. The molecule has 2 N–H and O–H groups in total. The topological polar surface area (TPSA) is 69.6 Å². The fourth-order valence-electron chi connectivity index (χ4n) is 2.39. The summed E-state index contributed by atoms with van der Waals surface area (Å²) in [5.74, 6) is -2.17. The highest BCUT2D eigenvalue weighted by molar-refractivity contribution is 5.84. The highest BCUT2D eigenvalue weighted by Crippen LogP contribution is 2.15. The van der Waals surface area contributed by atoms with Crippen molar-refractivity contribution in [2.45, 2.75) is 46.1 Å². The fraction of sp³-hybridized carbons (Fsp3) is 0.857. The minimum Gasteiger partial charge on any atom is -0.481 e. The summed E-state index contributed by atoms with van der Waals surface area (Å²) in [4.78, 5) is 25.3. The number of carbonyl (C=O) groups is 2. The van der Waals surface area contributed by atoms with Crippen LogP contribution in [-0.4, -0.2) is 47.6 Å². The molecule has 0 aromatic heterocycles. The number of hydrogen-bond acceptors (Lipinski definition) is 3. The molecule has 5 nitrogen and oxygen atoms in total. The average Bonchev–Trinajstić information content (AvgIpc) is 2.39. The molecule has 1 saturated heterocycles. The molecule has 19 heavy (non-hydrogen) atoms. The van der Waals surface area contributed by atoms with E-state index < -0.39 is 17.8 Å². The first kappa shape index (κ1) is 16.0. The van der Waals surface area contributed by atoms with Crippen LogP contribution in [0.5, 0.6) is 0 Å². The van der Waals surface area contributed by atoms with Crippen molar-refractivity contribution in [1.82, 2.24) is 10.2 Å². The van der Waals surface area contributed by atoms with Crippen molar-refractivity contribution in [2.75, 3.05) is 19.6 Å². The van der Waals surface area contributed by atoms with Crippen LogP contribution in [0.2, 0.25) is 0 Å². The van der Waals surface area contributed by atoms with Gasteiger partial charge in [0.1, 0.15) is 0 Å². The van der Waals surface area contributed by atoms with Crippen molar-refractivity contribution in [1.29, 1.82) is 0 Å². The third-order valence-corrected chi connectivity index (χ3v) is 4.03. The Morgan fingerprint density at radius 3 is 2.32 bits per heavy atom. The van der Waals surface area contributed by atoms with Gasteiger partial charge in [0.2, 0.25) is 5.91 Å². The van der Waals surface area contributed by atoms with Crippen LogP contribution < -0.4 is 5.32 Å². The van der Waals surface area contributed by atoms with Gasteiger partial charge in [-0.1, -0.05) is 20.8 Å². The molecule has 1 aliphatic heterocycles. The van der Waals surface area contributed by atoms with Crippen molar-refractivity contribution in [3.8, 4) is 0 Å². The lowest BCUT2D eigenvalue weighted by atomic mass is 9.94. The van der Waals surface area contributed by atoms with Gasteiger partial charge >= 0.3 is 5.97 Å². The van der Waals surface area contributed by atoms with E-state index in [1.165, 1.54) is 0 Å². The van der Waals surface area contributed by atoms with Crippen molar-refractivity contribution >= 4 is 11.9 Å². The number of aliphatic carboxylic acids is 1. The number of piperidine rings is 1. The second kappa shape index (κ2) is 7.48. The Bertz CT molecular complexity index is 312. The van der Waals surface area contributed by atoms with E-state index >= 15 is 0 Å². The molecule has 0 aromatic carbocycles. The van der Waals surface area contributed by atoms with Crippen LogP contribution >= 0.6 is 0 Å². The zero-order valence-corrected chi connectivity index (χ0v) is 12.2. The van der Waals surface area contributed by atoms with Crippen molar-refractivity contribution in [3.05, 3.63) is 0 Å². The lowest BCUT2D eigenvalue weighted by molar-refractivity contribution is -0.146. The van der Waals surface area contributed by atoms with E-state index in [1.807, 2.05) is 0 Å². The van der Waals surface area contributed by atoms with Gasteiger partial charge in [-0.3, -0.25) is 9.59 Å². The minimum atomic E-state index is -0.916. The van der Waals surface area contributed by atoms with Gasteiger partial charge in [0, 0.05) is 25.0 Å². The van der Waals surface area contributed by atoms with Gasteiger partial charge in [0.15, 0.2) is 0 Å². The maximum Gasteiger partial charge on any atom is 0.307 e. The second-order valence-electron chi connectivity index (χ2n) is 5.54. The first-order valence-corrected chi connectivity index (χ1v) is 7.21. The normalized spacial score (nSPS) is 20.8. The number of nitrogens with zero attached hydrogens (tertiary/aromatic N) is 1. The Balaban J connectivity index is 2.36. The molecule has 110 valence electrons. The van der Waals surface area contributed by atoms with Crippen LogP contribution in [0.4, 0.5) is 0 Å². The summed E-state index contributed by atoms with van der Waals surface area (Å²) in [6.07, 6.45) is 3.07. The predicted octanol–water partition coefficient (Wildman–Crippen LogP) is 1.33. The van der Waals surface area contributed by atoms with Gasteiger partial charge in [-0.25, -0.2) is 0 Å². The highest BCUT2D eigenvalue weighted by Gasteiger charge is 2.28. The van der Waals surface area contributed by atoms with E-state index in [0.29, 0.717) is 0 Å². The Morgan fingerprint density at radius 2 is 1.84 bits per heavy atom. The highest BCUT2D eigenvalue weighted by atomic mass is 16.4. The molecule has 0 bridgehead atoms. The van der Waals surface area contributed by atoms with Crippen LogP contribution in [0.15, 0.2) is 0 Å². The van der Waals surface area contributed by atoms with Gasteiger partial charge in [-0.2, -0.15) is 0 Å². The minimum absolute atomic E-state index is 0.135. The molecular weight excluding hydrogens is 244 g/mol. The summed E-state index contributed by atoms with van der Waals surface area (Å²) in [6.45, 7) is 8.58. The first-order chi connectivity index (χ1) is 8.95. The summed E-state index contributed by atoms with van der Waals surface area (Å²) in [5, 5.41) is 11.9. The standard InChI is InChI=1S/C14H26N2O3/c1-4-7-16-8-5-12(6-9-16)15-13(17)10(2)11(3)14(18)19/h10-12H,4-9H2,1-3H3,(H,15,17)(H,18,19). The van der Waals surface area contributed by atoms with Crippen LogP contribution in [-0.2, 0) is 9.59 Å². The monoisotopic (exact) mass is 270 g/mol. The van der Waals surface area contributed by atoms with Gasteiger partial charge in [-0.15, -0.1) is 0 Å². The first-order valence-electron chi connectivity index (χ1n) is 7.21. The molecule has 1 aliphatic rings. The number of carbonyl (C=O) groups excluding carboxylic acids is 1. The Hall–Kier alpha value is -1.10. The molecule has 0 saturated carbocycles. The van der Waals surface area contributed by atoms with E-state index in [-0.39, 0.29) is 11.9 Å². The van der Waals surface area contributed by atoms with E-state index in [9.17, 15) is 9.59 Å². The van der Waals surface area contributed by atoms with E-state index in [4.69, 9.17) is 5.11 Å². The van der Waals surface area contributed by atoms with E-state index in [0.717, 1.165) is 38.9 Å². The molecule has 2 atom stereocenters. The summed E-state index contributed by atoms with van der Waals surface area (Å²) < 4.78 is 0. The summed E-state index contributed by atoms with van der Waals surface area (Å²) in [6, 6.07) is 0.198. The van der Waals surface area contributed by atoms with Gasteiger partial charge < -0.3 is 15.3 Å². The number of likely N-dealkylation sites (tertiary alicyclic amines) is 1. The number of nitrogens with one attached hydrogen (secondary N) is 1. The smallest absolute Gasteiger partial charge is 0.307 e. The van der Waals surface area contributed by atoms with Crippen LogP contribution in [0.1, 0.15) is 40.0 Å². The second-order valence-corrected chi connectivity index (χ2v) is 5.54. The molecule has 1 amide bonds. The molecular formula is C14H26N2O3. The maximum absolute atomic E-state index is 12.0. The number of carboxylic acid groups (broad SMARTS) is 1. The number of carboxylic acids is 1. The fourth-order valence-corrected chi connectivity index (χ4v) is 2.39. The van der Waals surface area contributed by atoms with Crippen LogP contribution in [0.3, 0.4) is 0 Å². The molecule has 2 unspecified atom stereocenters. The number of amides is 1. The Morgan fingerprint density at radius 1 is 1.26 bits per heavy atom. The average molecular weight is 270 g/mol. The maximum atomic E-state index is 12.0. The molecule has 0 aromatic rings. The van der Waals surface area contributed by atoms with Gasteiger partial charge in [0.05, 0.1) is 5.92 Å². The predicted molar refractivity (Wildman–Crippen MR) is 73.9 cm³/mol. The lowest BCUT2D eigenvalue weighted by Gasteiger charge is -2.32. The zero-order chi connectivity index (χ0) is 14.4. The summed E-state index contributed by atoms with van der Waals surface area (Å²) >= 11 is 0. The summed E-state index contributed by atoms with van der Waals surface area (Å²) in [5.41, 5.74) is 0. The van der Waals surface area contributed by atoms with Crippen molar-refractivity contribution in [3.63, 3.8) is 0 Å². The zero-order valence-electron chi connectivity index (χ0n) is 12.2. The third kappa shape index (κ3) is 4.82. The lowest BCUT2D eigenvalue weighted by Crippen LogP contribution is -2.47. The third-order valence-electron chi connectivity index (χ3n) is 4.03. The van der Waals surface area contributed by atoms with E-state index in [2.05, 4.69) is 17.1 Å². The van der Waals surface area contributed by atoms with Crippen LogP contribution in [0, 0.1) is 11.8 Å². The van der Waals surface area contributed by atoms with Crippen molar-refractivity contribution < 1.29 is 14.7 Å². The van der Waals surface area contributed by atoms with Gasteiger partial charge in [-0.05, 0) is 25.8 Å². The molecule has 0 radical (unpaired) electrons. The molecule has 1 fully saturated rings. The Kier molecular flexibility index (Phi) is 6.28. The Labute approximate surface area is 115 Å². The molecule has 0 aliphatic carbocycles. The van der Waals surface area contributed by atoms with E-state index in [1.54, 1.807) is 13.8 Å². The molecule has 1 rings (SSSR count). The summed E-state index contributed by atoms with van der Waals surface area (Å²) in [7, 11) is 0. The molecule has 5 heteroatoms. The molecule has 1 heterocycles. The number of rotatable bonds is 6. The van der Waals surface area contributed by atoms with Crippen LogP contribution in [0.25, 0.3) is 0 Å². The largest absolute Gasteiger partial charge is 0.481 e. The quantitative estimate of drug-likeness (QED) is 0.764.